The third kappa shape index (κ3) is 6.30. The highest BCUT2D eigenvalue weighted by Crippen LogP contribution is 2.20. The fourth-order valence-corrected chi connectivity index (χ4v) is 3.03. The summed E-state index contributed by atoms with van der Waals surface area (Å²) >= 11 is 0. The number of ether oxygens (including phenoxy) is 2. The molecule has 0 atom stereocenters. The molecule has 24 heavy (non-hydrogen) atoms. The molecule has 1 heterocycles. The molecule has 0 spiro atoms. The van der Waals surface area contributed by atoms with Gasteiger partial charge < -0.3 is 19.3 Å². The summed E-state index contributed by atoms with van der Waals surface area (Å²) < 4.78 is 10.6. The van der Waals surface area contributed by atoms with Crippen molar-refractivity contribution in [2.75, 3.05) is 78.1 Å². The summed E-state index contributed by atoms with van der Waals surface area (Å²) in [5, 5.41) is 0. The number of piperazine rings is 1. The van der Waals surface area contributed by atoms with Crippen LogP contribution in [0.5, 0.6) is 5.75 Å². The molecule has 0 aliphatic carbocycles. The molecule has 1 saturated heterocycles. The molecule has 0 N–H and O–H groups in total. The summed E-state index contributed by atoms with van der Waals surface area (Å²) in [5.41, 5.74) is 1.29. The number of hydrogen-bond donors (Lipinski definition) is 0. The van der Waals surface area contributed by atoms with Gasteiger partial charge in [0.25, 0.3) is 0 Å². The number of rotatable bonds is 10. The van der Waals surface area contributed by atoms with Gasteiger partial charge in [-0.2, -0.15) is 0 Å². The van der Waals surface area contributed by atoms with Gasteiger partial charge in [0.15, 0.2) is 0 Å². The monoisotopic (exact) mass is 335 g/mol. The van der Waals surface area contributed by atoms with E-state index in [1.54, 1.807) is 7.11 Å². The van der Waals surface area contributed by atoms with Gasteiger partial charge in [-0.15, -0.1) is 0 Å². The van der Waals surface area contributed by atoms with Crippen molar-refractivity contribution in [3.63, 3.8) is 0 Å². The number of methoxy groups -OCH3 is 1. The average Bonchev–Trinajstić information content (AvgIpc) is 2.62. The lowest BCUT2D eigenvalue weighted by molar-refractivity contribution is 0.146. The van der Waals surface area contributed by atoms with Crippen molar-refractivity contribution < 1.29 is 9.47 Å². The summed E-state index contributed by atoms with van der Waals surface area (Å²) in [4.78, 5) is 7.46. The lowest BCUT2D eigenvalue weighted by Gasteiger charge is -2.36. The zero-order valence-electron chi connectivity index (χ0n) is 15.5. The molecule has 5 heteroatoms. The van der Waals surface area contributed by atoms with Crippen molar-refractivity contribution in [1.82, 2.24) is 9.80 Å². The van der Waals surface area contributed by atoms with Gasteiger partial charge in [-0.1, -0.05) is 6.92 Å². The first-order valence-electron chi connectivity index (χ1n) is 9.10. The number of likely N-dealkylation sites (N-methyl/N-ethyl adjacent to an activating group) is 1. The average molecular weight is 335 g/mol. The van der Waals surface area contributed by atoms with Gasteiger partial charge in [-0.05, 0) is 44.3 Å². The molecule has 2 rings (SSSR count). The Kier molecular flexibility index (Phi) is 8.36. The first-order valence-corrected chi connectivity index (χ1v) is 9.10. The lowest BCUT2D eigenvalue weighted by Crippen LogP contribution is -2.48. The fourth-order valence-electron chi connectivity index (χ4n) is 3.03. The highest BCUT2D eigenvalue weighted by atomic mass is 16.5. The van der Waals surface area contributed by atoms with Crippen molar-refractivity contribution in [3.05, 3.63) is 24.3 Å². The van der Waals surface area contributed by atoms with E-state index in [9.17, 15) is 0 Å². The third-order valence-electron chi connectivity index (χ3n) is 4.53. The van der Waals surface area contributed by atoms with Crippen molar-refractivity contribution in [1.29, 1.82) is 0 Å². The normalized spacial score (nSPS) is 15.9. The van der Waals surface area contributed by atoms with Gasteiger partial charge >= 0.3 is 0 Å². The zero-order chi connectivity index (χ0) is 17.2. The molecule has 1 aromatic rings. The number of hydrogen-bond acceptors (Lipinski definition) is 5. The van der Waals surface area contributed by atoms with Crippen LogP contribution in [0.3, 0.4) is 0 Å². The Hall–Kier alpha value is -1.30. The summed E-state index contributed by atoms with van der Waals surface area (Å²) in [6, 6.07) is 8.42. The quantitative estimate of drug-likeness (QED) is 0.611. The van der Waals surface area contributed by atoms with Crippen molar-refractivity contribution in [2.24, 2.45) is 0 Å². The molecular formula is C19H33N3O2. The Labute approximate surface area is 147 Å². The van der Waals surface area contributed by atoms with Crippen molar-refractivity contribution >= 4 is 5.69 Å². The smallest absolute Gasteiger partial charge is 0.119 e. The molecule has 136 valence electrons. The van der Waals surface area contributed by atoms with E-state index >= 15 is 0 Å². The Balaban J connectivity index is 1.71. The minimum atomic E-state index is 0.598. The minimum Gasteiger partial charge on any atom is -0.491 e. The first-order chi connectivity index (χ1) is 11.7. The Bertz CT molecular complexity index is 444. The highest BCUT2D eigenvalue weighted by Gasteiger charge is 2.17. The molecule has 0 aromatic heterocycles. The van der Waals surface area contributed by atoms with Crippen LogP contribution >= 0.6 is 0 Å². The molecule has 0 amide bonds. The molecule has 0 radical (unpaired) electrons. The summed E-state index contributed by atoms with van der Waals surface area (Å²) in [5.74, 6) is 0.911. The maximum absolute atomic E-state index is 5.62. The zero-order valence-corrected chi connectivity index (χ0v) is 15.5. The van der Waals surface area contributed by atoms with Crippen molar-refractivity contribution in [3.8, 4) is 5.75 Å². The second-order valence-corrected chi connectivity index (χ2v) is 6.47. The second kappa shape index (κ2) is 10.5. The first kappa shape index (κ1) is 19.0. The molecule has 1 aliphatic rings. The predicted molar refractivity (Wildman–Crippen MR) is 100 cm³/mol. The predicted octanol–water partition coefficient (Wildman–Crippen LogP) is 2.18. The van der Waals surface area contributed by atoms with Crippen LogP contribution in [0.2, 0.25) is 0 Å². The van der Waals surface area contributed by atoms with E-state index in [1.807, 2.05) is 0 Å². The van der Waals surface area contributed by atoms with Gasteiger partial charge in [-0.25, -0.2) is 0 Å². The molecule has 0 bridgehead atoms. The van der Waals surface area contributed by atoms with E-state index in [0.29, 0.717) is 13.2 Å². The van der Waals surface area contributed by atoms with Crippen LogP contribution in [-0.4, -0.2) is 83.0 Å². The summed E-state index contributed by atoms with van der Waals surface area (Å²) in [6.45, 7) is 11.5. The molecule has 0 saturated carbocycles. The fraction of sp³-hybridized carbons (Fsp3) is 0.684. The highest BCUT2D eigenvalue weighted by molar-refractivity contribution is 5.49. The molecule has 5 nitrogen and oxygen atoms in total. The summed E-state index contributed by atoms with van der Waals surface area (Å²) in [6.07, 6.45) is 1.23. The Morgan fingerprint density at radius 1 is 1.00 bits per heavy atom. The summed E-state index contributed by atoms with van der Waals surface area (Å²) in [7, 11) is 3.91. The van der Waals surface area contributed by atoms with Crippen LogP contribution in [0, 0.1) is 0 Å². The van der Waals surface area contributed by atoms with E-state index in [-0.39, 0.29) is 0 Å². The number of benzene rings is 1. The minimum absolute atomic E-state index is 0.598. The van der Waals surface area contributed by atoms with Crippen LogP contribution < -0.4 is 9.64 Å². The van der Waals surface area contributed by atoms with E-state index in [1.165, 1.54) is 31.7 Å². The molecular weight excluding hydrogens is 302 g/mol. The van der Waals surface area contributed by atoms with Gasteiger partial charge in [0.2, 0.25) is 0 Å². The standard InChI is InChI=1S/C19H33N3O2/c1-4-9-20(2)10-11-21-12-14-22(15-13-21)18-5-7-19(8-6-18)24-17-16-23-3/h5-8H,4,9-17H2,1-3H3. The van der Waals surface area contributed by atoms with Gasteiger partial charge in [0.05, 0.1) is 6.61 Å². The van der Waals surface area contributed by atoms with Gasteiger partial charge in [0, 0.05) is 52.1 Å². The van der Waals surface area contributed by atoms with E-state index < -0.39 is 0 Å². The third-order valence-corrected chi connectivity index (χ3v) is 4.53. The largest absolute Gasteiger partial charge is 0.491 e. The van der Waals surface area contributed by atoms with Crippen LogP contribution in [0.1, 0.15) is 13.3 Å². The Morgan fingerprint density at radius 3 is 2.33 bits per heavy atom. The maximum atomic E-state index is 5.62. The molecule has 0 unspecified atom stereocenters. The van der Waals surface area contributed by atoms with Crippen LogP contribution in [-0.2, 0) is 4.74 Å². The van der Waals surface area contributed by atoms with Crippen LogP contribution in [0.25, 0.3) is 0 Å². The van der Waals surface area contributed by atoms with Crippen LogP contribution in [0.4, 0.5) is 5.69 Å². The van der Waals surface area contributed by atoms with Crippen LogP contribution in [0.15, 0.2) is 24.3 Å². The number of nitrogens with zero attached hydrogens (tertiary/aromatic N) is 3. The van der Waals surface area contributed by atoms with Gasteiger partial charge in [0.1, 0.15) is 12.4 Å². The van der Waals surface area contributed by atoms with E-state index in [2.05, 4.69) is 52.9 Å². The van der Waals surface area contributed by atoms with Gasteiger partial charge in [-0.3, -0.25) is 4.90 Å². The molecule has 1 aliphatic heterocycles. The molecule has 1 fully saturated rings. The molecule has 1 aromatic carbocycles. The maximum Gasteiger partial charge on any atom is 0.119 e. The van der Waals surface area contributed by atoms with E-state index in [4.69, 9.17) is 9.47 Å². The SMILES string of the molecule is CCCN(C)CCN1CCN(c2ccc(OCCOC)cc2)CC1. The lowest BCUT2D eigenvalue weighted by atomic mass is 10.2. The van der Waals surface area contributed by atoms with Crippen molar-refractivity contribution in [2.45, 2.75) is 13.3 Å². The number of anilines is 1. The topological polar surface area (TPSA) is 28.2 Å². The second-order valence-electron chi connectivity index (χ2n) is 6.47. The van der Waals surface area contributed by atoms with E-state index in [0.717, 1.165) is 31.9 Å². The Morgan fingerprint density at radius 2 is 1.71 bits per heavy atom.